The van der Waals surface area contributed by atoms with Crippen molar-refractivity contribution in [2.75, 3.05) is 13.1 Å². The van der Waals surface area contributed by atoms with Crippen LogP contribution in [0.3, 0.4) is 0 Å². The van der Waals surface area contributed by atoms with E-state index in [-0.39, 0.29) is 17.4 Å². The third kappa shape index (κ3) is 3.36. The fraction of sp³-hybridized carbons (Fsp3) is 0.217. The first kappa shape index (κ1) is 18.5. The average Bonchev–Trinajstić information content (AvgIpc) is 3.42. The van der Waals surface area contributed by atoms with Gasteiger partial charge in [0.05, 0.1) is 5.69 Å². The van der Waals surface area contributed by atoms with Crippen LogP contribution < -0.4 is 0 Å². The maximum absolute atomic E-state index is 13.5. The number of nitrogens with one attached hydrogen (secondary N) is 2. The second-order valence-corrected chi connectivity index (χ2v) is 7.70. The molecule has 2 aromatic heterocycles. The summed E-state index contributed by atoms with van der Waals surface area (Å²) in [5, 5.41) is 8.70. The number of hydrogen-bond acceptors (Lipinski definition) is 2. The van der Waals surface area contributed by atoms with Gasteiger partial charge in [0.1, 0.15) is 5.69 Å². The molecule has 5 nitrogen and oxygen atoms in total. The molecular formula is C23H20F2N4O. The number of carbonyl (C=O) groups excluding carboxylic acids is 1. The van der Waals surface area contributed by atoms with Gasteiger partial charge in [-0.1, -0.05) is 18.2 Å². The van der Waals surface area contributed by atoms with Crippen LogP contribution in [0, 0.1) is 11.6 Å². The van der Waals surface area contributed by atoms with Crippen molar-refractivity contribution in [1.82, 2.24) is 20.1 Å². The van der Waals surface area contributed by atoms with Crippen LogP contribution in [0.5, 0.6) is 0 Å². The topological polar surface area (TPSA) is 64.8 Å². The van der Waals surface area contributed by atoms with Gasteiger partial charge in [0.2, 0.25) is 0 Å². The highest BCUT2D eigenvalue weighted by Crippen LogP contribution is 2.30. The number of aromatic nitrogens is 3. The van der Waals surface area contributed by atoms with Crippen molar-refractivity contribution >= 4 is 16.8 Å². The predicted molar refractivity (Wildman–Crippen MR) is 110 cm³/mol. The van der Waals surface area contributed by atoms with Crippen molar-refractivity contribution in [1.29, 1.82) is 0 Å². The van der Waals surface area contributed by atoms with Gasteiger partial charge in [-0.05, 0) is 49.2 Å². The molecule has 0 spiro atoms. The predicted octanol–water partition coefficient (Wildman–Crippen LogP) is 4.86. The molecule has 4 aromatic rings. The minimum atomic E-state index is -1.01. The number of benzene rings is 2. The number of likely N-dealkylation sites (tertiary alicyclic amines) is 1. The first-order valence-electron chi connectivity index (χ1n) is 9.96. The van der Waals surface area contributed by atoms with E-state index in [0.717, 1.165) is 53.0 Å². The van der Waals surface area contributed by atoms with Gasteiger partial charge < -0.3 is 9.88 Å². The molecule has 7 heteroatoms. The standard InChI is InChI=1S/C23H20F2N4O/c24-17-8-7-15(10-18(17)25)23(30)29-9-3-5-16(13-29)20-12-22(28-27-20)21-11-14-4-1-2-6-19(14)26-21/h1-2,4,6-8,10-12,16,26H,3,5,9,13H2,(H,27,28)/t16-/m0/s1. The van der Waals surface area contributed by atoms with E-state index >= 15 is 0 Å². The van der Waals surface area contributed by atoms with Crippen molar-refractivity contribution in [3.05, 3.63) is 77.5 Å². The lowest BCUT2D eigenvalue weighted by Gasteiger charge is -2.32. The van der Waals surface area contributed by atoms with Crippen LogP contribution in [0.25, 0.3) is 22.3 Å². The van der Waals surface area contributed by atoms with E-state index in [1.807, 2.05) is 30.3 Å². The Morgan fingerprint density at radius 2 is 1.93 bits per heavy atom. The van der Waals surface area contributed by atoms with Gasteiger partial charge in [-0.3, -0.25) is 9.89 Å². The molecule has 1 atom stereocenters. The normalized spacial score (nSPS) is 16.9. The fourth-order valence-electron chi connectivity index (χ4n) is 4.12. The van der Waals surface area contributed by atoms with Crippen molar-refractivity contribution in [2.45, 2.75) is 18.8 Å². The zero-order valence-electron chi connectivity index (χ0n) is 16.2. The van der Waals surface area contributed by atoms with Crippen LogP contribution in [0.2, 0.25) is 0 Å². The highest BCUT2D eigenvalue weighted by molar-refractivity contribution is 5.94. The second-order valence-electron chi connectivity index (χ2n) is 7.70. The van der Waals surface area contributed by atoms with Crippen molar-refractivity contribution in [3.8, 4) is 11.4 Å². The van der Waals surface area contributed by atoms with E-state index in [4.69, 9.17) is 0 Å². The zero-order valence-corrected chi connectivity index (χ0v) is 16.2. The Hall–Kier alpha value is -3.48. The molecule has 2 N–H and O–H groups in total. The Morgan fingerprint density at radius 3 is 2.77 bits per heavy atom. The monoisotopic (exact) mass is 406 g/mol. The molecule has 0 radical (unpaired) electrons. The number of carbonyl (C=O) groups is 1. The quantitative estimate of drug-likeness (QED) is 0.511. The first-order valence-corrected chi connectivity index (χ1v) is 9.96. The highest BCUT2D eigenvalue weighted by Gasteiger charge is 2.27. The van der Waals surface area contributed by atoms with Gasteiger partial charge in [0, 0.05) is 41.2 Å². The number of aromatic amines is 2. The van der Waals surface area contributed by atoms with Crippen LogP contribution in [0.1, 0.15) is 34.8 Å². The summed E-state index contributed by atoms with van der Waals surface area (Å²) in [6.45, 7) is 1.10. The molecule has 152 valence electrons. The molecule has 5 rings (SSSR count). The number of fused-ring (bicyclic) bond motifs is 1. The van der Waals surface area contributed by atoms with Crippen molar-refractivity contribution in [3.63, 3.8) is 0 Å². The molecule has 2 aromatic carbocycles. The Kier molecular flexibility index (Phi) is 4.58. The lowest BCUT2D eigenvalue weighted by atomic mass is 9.94. The van der Waals surface area contributed by atoms with E-state index in [0.29, 0.717) is 13.1 Å². The summed E-state index contributed by atoms with van der Waals surface area (Å²) >= 11 is 0. The number of halogens is 2. The van der Waals surface area contributed by atoms with Crippen LogP contribution in [-0.4, -0.2) is 39.1 Å². The van der Waals surface area contributed by atoms with E-state index in [1.54, 1.807) is 4.90 Å². The number of hydrogen-bond donors (Lipinski definition) is 2. The summed E-state index contributed by atoms with van der Waals surface area (Å²) < 4.78 is 26.7. The number of nitrogens with zero attached hydrogens (tertiary/aromatic N) is 2. The minimum absolute atomic E-state index is 0.110. The Labute approximate surface area is 171 Å². The van der Waals surface area contributed by atoms with Crippen LogP contribution >= 0.6 is 0 Å². The number of H-pyrrole nitrogens is 2. The summed E-state index contributed by atoms with van der Waals surface area (Å²) in [6, 6.07) is 15.4. The molecule has 1 amide bonds. The summed E-state index contributed by atoms with van der Waals surface area (Å²) in [5.41, 5.74) is 3.94. The third-order valence-corrected chi connectivity index (χ3v) is 5.72. The highest BCUT2D eigenvalue weighted by atomic mass is 19.2. The van der Waals surface area contributed by atoms with Gasteiger partial charge >= 0.3 is 0 Å². The molecule has 0 saturated carbocycles. The van der Waals surface area contributed by atoms with Crippen LogP contribution in [-0.2, 0) is 0 Å². The lowest BCUT2D eigenvalue weighted by Crippen LogP contribution is -2.39. The first-order chi connectivity index (χ1) is 14.6. The van der Waals surface area contributed by atoms with E-state index < -0.39 is 11.6 Å². The fourth-order valence-corrected chi connectivity index (χ4v) is 4.12. The smallest absolute Gasteiger partial charge is 0.253 e. The minimum Gasteiger partial charge on any atom is -0.353 e. The maximum atomic E-state index is 13.5. The molecule has 1 aliphatic heterocycles. The Bertz CT molecular complexity index is 1200. The number of rotatable bonds is 3. The van der Waals surface area contributed by atoms with Gasteiger partial charge in [-0.2, -0.15) is 5.10 Å². The summed E-state index contributed by atoms with van der Waals surface area (Å²) in [5.74, 6) is -2.14. The van der Waals surface area contributed by atoms with Gasteiger partial charge in [-0.25, -0.2) is 8.78 Å². The number of piperidine rings is 1. The molecule has 1 aliphatic rings. The van der Waals surface area contributed by atoms with E-state index in [9.17, 15) is 13.6 Å². The average molecular weight is 406 g/mol. The number of para-hydroxylation sites is 1. The Balaban J connectivity index is 1.35. The van der Waals surface area contributed by atoms with E-state index in [1.165, 1.54) is 6.07 Å². The largest absolute Gasteiger partial charge is 0.353 e. The molecule has 0 aliphatic carbocycles. The van der Waals surface area contributed by atoms with Gasteiger partial charge in [0.25, 0.3) is 5.91 Å². The van der Waals surface area contributed by atoms with Gasteiger partial charge in [0.15, 0.2) is 11.6 Å². The molecule has 0 unspecified atom stereocenters. The van der Waals surface area contributed by atoms with Crippen LogP contribution in [0.4, 0.5) is 8.78 Å². The molecule has 3 heterocycles. The number of amides is 1. The molecule has 30 heavy (non-hydrogen) atoms. The maximum Gasteiger partial charge on any atom is 0.253 e. The summed E-state index contributed by atoms with van der Waals surface area (Å²) in [6.07, 6.45) is 1.76. The lowest BCUT2D eigenvalue weighted by molar-refractivity contribution is 0.0705. The molecule has 1 saturated heterocycles. The Morgan fingerprint density at radius 1 is 1.07 bits per heavy atom. The second kappa shape index (κ2) is 7.40. The molecule has 0 bridgehead atoms. The van der Waals surface area contributed by atoms with Crippen LogP contribution in [0.15, 0.2) is 54.6 Å². The van der Waals surface area contributed by atoms with Gasteiger partial charge in [-0.15, -0.1) is 0 Å². The zero-order chi connectivity index (χ0) is 20.7. The summed E-state index contributed by atoms with van der Waals surface area (Å²) in [4.78, 5) is 17.8. The molecule has 1 fully saturated rings. The van der Waals surface area contributed by atoms with E-state index in [2.05, 4.69) is 21.2 Å². The van der Waals surface area contributed by atoms with Crippen molar-refractivity contribution in [2.24, 2.45) is 0 Å². The summed E-state index contributed by atoms with van der Waals surface area (Å²) in [7, 11) is 0. The third-order valence-electron chi connectivity index (χ3n) is 5.72. The molecular weight excluding hydrogens is 386 g/mol. The van der Waals surface area contributed by atoms with Crippen molar-refractivity contribution < 1.29 is 13.6 Å². The SMILES string of the molecule is O=C(c1ccc(F)c(F)c1)N1CCC[C@H](c2cc(-c3cc4ccccc4[nH]3)n[nH]2)C1.